The molecule has 2 heterocycles. The van der Waals surface area contributed by atoms with Gasteiger partial charge in [0.15, 0.2) is 0 Å². The molecule has 1 N–H and O–H groups in total. The maximum atomic E-state index is 12.8. The molecule has 2 fully saturated rings. The molecule has 2 aliphatic rings. The van der Waals surface area contributed by atoms with E-state index in [-0.39, 0.29) is 6.04 Å². The van der Waals surface area contributed by atoms with Crippen LogP contribution in [-0.4, -0.2) is 60.0 Å². The summed E-state index contributed by atoms with van der Waals surface area (Å²) in [6, 6.07) is 1.51. The van der Waals surface area contributed by atoms with Crippen molar-refractivity contribution in [3.8, 4) is 0 Å². The highest BCUT2D eigenvalue weighted by Gasteiger charge is 2.38. The predicted octanol–water partition coefficient (Wildman–Crippen LogP) is 1.46. The van der Waals surface area contributed by atoms with Crippen molar-refractivity contribution in [3.63, 3.8) is 0 Å². The molecule has 0 radical (unpaired) electrons. The lowest BCUT2D eigenvalue weighted by Gasteiger charge is -2.36. The van der Waals surface area contributed by atoms with Crippen LogP contribution in [0.25, 0.3) is 0 Å². The number of hydrogen-bond donors (Lipinski definition) is 1. The number of amides is 1. The van der Waals surface area contributed by atoms with E-state index in [0.29, 0.717) is 24.0 Å². The molecule has 1 amide bonds. The van der Waals surface area contributed by atoms with Gasteiger partial charge < -0.3 is 10.2 Å². The van der Waals surface area contributed by atoms with Crippen molar-refractivity contribution in [2.75, 3.05) is 20.1 Å². The van der Waals surface area contributed by atoms with E-state index in [4.69, 9.17) is 0 Å². The molecule has 0 bridgehead atoms. The number of rotatable bonds is 4. The normalized spacial score (nSPS) is 33.9. The minimum absolute atomic E-state index is 0.0324. The van der Waals surface area contributed by atoms with Gasteiger partial charge in [-0.05, 0) is 53.5 Å². The summed E-state index contributed by atoms with van der Waals surface area (Å²) in [5.41, 5.74) is 0. The minimum Gasteiger partial charge on any atom is -0.337 e. The highest BCUT2D eigenvalue weighted by molar-refractivity contribution is 5.82. The topological polar surface area (TPSA) is 35.6 Å². The standard InChI is InChI=1S/C15H29N3O/c1-11-7-8-12(2)18(11)13(3)15(19)17-9-5-6-14(17)10-16-4/h11-14,16H,5-10H2,1-4H3. The van der Waals surface area contributed by atoms with Gasteiger partial charge in [0.1, 0.15) is 0 Å². The molecule has 0 aromatic heterocycles. The highest BCUT2D eigenvalue weighted by atomic mass is 16.2. The fraction of sp³-hybridized carbons (Fsp3) is 0.933. The van der Waals surface area contributed by atoms with Crippen LogP contribution >= 0.6 is 0 Å². The first-order chi connectivity index (χ1) is 9.06. The molecule has 4 heteroatoms. The van der Waals surface area contributed by atoms with Crippen LogP contribution in [0.3, 0.4) is 0 Å². The van der Waals surface area contributed by atoms with Crippen LogP contribution in [-0.2, 0) is 4.79 Å². The van der Waals surface area contributed by atoms with Crippen molar-refractivity contribution in [2.24, 2.45) is 0 Å². The Morgan fingerprint density at radius 1 is 1.26 bits per heavy atom. The summed E-state index contributed by atoms with van der Waals surface area (Å²) in [6.45, 7) is 8.45. The molecule has 2 aliphatic heterocycles. The van der Waals surface area contributed by atoms with Crippen LogP contribution in [0.1, 0.15) is 46.5 Å². The largest absolute Gasteiger partial charge is 0.337 e. The second-order valence-electron chi connectivity index (χ2n) is 6.28. The Bertz CT molecular complexity index is 311. The van der Waals surface area contributed by atoms with Crippen LogP contribution < -0.4 is 5.32 Å². The van der Waals surface area contributed by atoms with E-state index in [2.05, 4.69) is 35.9 Å². The molecule has 2 rings (SSSR count). The van der Waals surface area contributed by atoms with E-state index in [1.165, 1.54) is 12.8 Å². The zero-order chi connectivity index (χ0) is 14.0. The first-order valence-electron chi connectivity index (χ1n) is 7.78. The van der Waals surface area contributed by atoms with Gasteiger partial charge in [0.25, 0.3) is 0 Å². The summed E-state index contributed by atoms with van der Waals surface area (Å²) in [7, 11) is 1.97. The molecule has 4 nitrogen and oxygen atoms in total. The lowest BCUT2D eigenvalue weighted by Crippen LogP contribution is -2.52. The van der Waals surface area contributed by atoms with E-state index in [9.17, 15) is 4.79 Å². The molecule has 0 aromatic rings. The Balaban J connectivity index is 2.02. The van der Waals surface area contributed by atoms with Gasteiger partial charge in [-0.3, -0.25) is 9.69 Å². The third-order valence-corrected chi connectivity index (χ3v) is 4.92. The minimum atomic E-state index is 0.0324. The van der Waals surface area contributed by atoms with E-state index in [1.54, 1.807) is 0 Å². The molecule has 4 unspecified atom stereocenters. The predicted molar refractivity (Wildman–Crippen MR) is 78.1 cm³/mol. The summed E-state index contributed by atoms with van der Waals surface area (Å²) in [5.74, 6) is 0.332. The van der Waals surface area contributed by atoms with E-state index in [1.807, 2.05) is 7.05 Å². The fourth-order valence-corrected chi connectivity index (χ4v) is 3.92. The van der Waals surface area contributed by atoms with E-state index in [0.717, 1.165) is 25.9 Å². The van der Waals surface area contributed by atoms with Gasteiger partial charge in [-0.15, -0.1) is 0 Å². The molecule has 0 aromatic carbocycles. The average molecular weight is 267 g/mol. The summed E-state index contributed by atoms with van der Waals surface area (Å²) in [6.07, 6.45) is 4.73. The maximum Gasteiger partial charge on any atom is 0.239 e. The summed E-state index contributed by atoms with van der Waals surface area (Å²) in [4.78, 5) is 17.3. The third kappa shape index (κ3) is 2.95. The van der Waals surface area contributed by atoms with Gasteiger partial charge in [-0.1, -0.05) is 0 Å². The molecule has 110 valence electrons. The summed E-state index contributed by atoms with van der Waals surface area (Å²) < 4.78 is 0. The Morgan fingerprint density at radius 2 is 1.89 bits per heavy atom. The van der Waals surface area contributed by atoms with Crippen LogP contribution in [0.4, 0.5) is 0 Å². The SMILES string of the molecule is CNCC1CCCN1C(=O)C(C)N1C(C)CCC1C. The zero-order valence-electron chi connectivity index (χ0n) is 12.9. The van der Waals surface area contributed by atoms with Crippen molar-refractivity contribution in [1.29, 1.82) is 0 Å². The number of nitrogens with one attached hydrogen (secondary N) is 1. The van der Waals surface area contributed by atoms with Crippen LogP contribution in [0.5, 0.6) is 0 Å². The zero-order valence-corrected chi connectivity index (χ0v) is 12.9. The quantitative estimate of drug-likeness (QED) is 0.837. The smallest absolute Gasteiger partial charge is 0.239 e. The van der Waals surface area contributed by atoms with E-state index < -0.39 is 0 Å². The van der Waals surface area contributed by atoms with Gasteiger partial charge in [0.05, 0.1) is 6.04 Å². The Labute approximate surface area is 117 Å². The number of carbonyl (C=O) groups is 1. The Hall–Kier alpha value is -0.610. The van der Waals surface area contributed by atoms with Crippen LogP contribution in [0, 0.1) is 0 Å². The second kappa shape index (κ2) is 6.23. The van der Waals surface area contributed by atoms with Gasteiger partial charge >= 0.3 is 0 Å². The van der Waals surface area contributed by atoms with Crippen molar-refractivity contribution >= 4 is 5.91 Å². The first-order valence-corrected chi connectivity index (χ1v) is 7.78. The lowest BCUT2D eigenvalue weighted by molar-refractivity contribution is -0.138. The lowest BCUT2D eigenvalue weighted by atomic mass is 10.1. The Kier molecular flexibility index (Phi) is 4.85. The molecule has 0 spiro atoms. The van der Waals surface area contributed by atoms with Crippen LogP contribution in [0.15, 0.2) is 0 Å². The first kappa shape index (κ1) is 14.8. The fourth-order valence-electron chi connectivity index (χ4n) is 3.92. The molecule has 2 saturated heterocycles. The monoisotopic (exact) mass is 267 g/mol. The molecule has 4 atom stereocenters. The molecule has 0 aliphatic carbocycles. The number of likely N-dealkylation sites (tertiary alicyclic amines) is 2. The van der Waals surface area contributed by atoms with E-state index >= 15 is 0 Å². The van der Waals surface area contributed by atoms with Gasteiger partial charge in [-0.2, -0.15) is 0 Å². The van der Waals surface area contributed by atoms with Crippen molar-refractivity contribution in [2.45, 2.75) is 70.6 Å². The van der Waals surface area contributed by atoms with Crippen molar-refractivity contribution < 1.29 is 4.79 Å². The van der Waals surface area contributed by atoms with Gasteiger partial charge in [0.2, 0.25) is 5.91 Å². The molecular formula is C15H29N3O. The number of nitrogens with zero attached hydrogens (tertiary/aromatic N) is 2. The second-order valence-corrected chi connectivity index (χ2v) is 6.28. The number of likely N-dealkylation sites (N-methyl/N-ethyl adjacent to an activating group) is 1. The van der Waals surface area contributed by atoms with Crippen molar-refractivity contribution in [3.05, 3.63) is 0 Å². The highest BCUT2D eigenvalue weighted by Crippen LogP contribution is 2.28. The maximum absolute atomic E-state index is 12.8. The van der Waals surface area contributed by atoms with Crippen molar-refractivity contribution in [1.82, 2.24) is 15.1 Å². The van der Waals surface area contributed by atoms with Gasteiger partial charge in [0, 0.05) is 31.2 Å². The molecule has 0 saturated carbocycles. The van der Waals surface area contributed by atoms with Gasteiger partial charge in [-0.25, -0.2) is 0 Å². The summed E-state index contributed by atoms with van der Waals surface area (Å²) >= 11 is 0. The summed E-state index contributed by atoms with van der Waals surface area (Å²) in [5, 5.41) is 3.21. The number of carbonyl (C=O) groups excluding carboxylic acids is 1. The molecule has 19 heavy (non-hydrogen) atoms. The third-order valence-electron chi connectivity index (χ3n) is 4.92. The number of hydrogen-bond acceptors (Lipinski definition) is 3. The Morgan fingerprint density at radius 3 is 2.47 bits per heavy atom. The van der Waals surface area contributed by atoms with Crippen LogP contribution in [0.2, 0.25) is 0 Å². The molecular weight excluding hydrogens is 238 g/mol. The average Bonchev–Trinajstić information content (AvgIpc) is 2.96.